The molecule has 0 unspecified atom stereocenters. The van der Waals surface area contributed by atoms with E-state index in [-0.39, 0.29) is 23.9 Å². The van der Waals surface area contributed by atoms with Gasteiger partial charge < -0.3 is 4.90 Å². The smallest absolute Gasteiger partial charge is 0.244 e. The molecule has 2 aliphatic heterocycles. The van der Waals surface area contributed by atoms with Crippen LogP contribution in [0.1, 0.15) is 23.6 Å². The first-order valence-electron chi connectivity index (χ1n) is 10.2. The molecule has 3 nitrogen and oxygen atoms in total. The van der Waals surface area contributed by atoms with Crippen molar-refractivity contribution >= 4 is 34.8 Å². The third-order valence-corrected chi connectivity index (χ3v) is 7.02. The topological polar surface area (TPSA) is 23.6 Å². The highest BCUT2D eigenvalue weighted by atomic mass is 35.5. The maximum atomic E-state index is 13.6. The number of anilines is 1. The monoisotopic (exact) mass is 436 g/mol. The normalized spacial score (nSPS) is 23.7. The Kier molecular flexibility index (Phi) is 5.28. The molecule has 1 amide bonds. The molecule has 3 aromatic carbocycles. The van der Waals surface area contributed by atoms with Crippen molar-refractivity contribution in [1.29, 1.82) is 0 Å². The minimum atomic E-state index is -0.178. The third kappa shape index (κ3) is 3.41. The van der Waals surface area contributed by atoms with Crippen LogP contribution in [0.4, 0.5) is 5.69 Å². The Morgan fingerprint density at radius 2 is 1.50 bits per heavy atom. The second-order valence-electron chi connectivity index (χ2n) is 8.03. The first-order chi connectivity index (χ1) is 14.6. The van der Waals surface area contributed by atoms with Crippen molar-refractivity contribution in [2.24, 2.45) is 5.92 Å². The Labute approximate surface area is 186 Å². The predicted octanol–water partition coefficient (Wildman–Crippen LogP) is 5.97. The lowest BCUT2D eigenvalue weighted by Crippen LogP contribution is -2.41. The summed E-state index contributed by atoms with van der Waals surface area (Å²) in [5.41, 5.74) is 3.08. The summed E-state index contributed by atoms with van der Waals surface area (Å²) in [5, 5.41) is 1.48. The summed E-state index contributed by atoms with van der Waals surface area (Å²) < 4.78 is 0. The zero-order valence-electron chi connectivity index (χ0n) is 16.4. The number of hydrogen-bond donors (Lipinski definition) is 0. The molecule has 0 radical (unpaired) electrons. The molecule has 30 heavy (non-hydrogen) atoms. The van der Waals surface area contributed by atoms with E-state index in [2.05, 4.69) is 11.0 Å². The Morgan fingerprint density at radius 1 is 0.833 bits per heavy atom. The van der Waals surface area contributed by atoms with E-state index in [9.17, 15) is 4.79 Å². The SMILES string of the molecule is O=C1[C@H]2[C@H](C[C@H](c3ccccc3Cl)N2Cc2ccccc2Cl)CN1c1ccccc1. The van der Waals surface area contributed by atoms with Crippen LogP contribution >= 0.6 is 23.2 Å². The van der Waals surface area contributed by atoms with Gasteiger partial charge in [-0.25, -0.2) is 0 Å². The standard InChI is InChI=1S/C25H22Cl2N2O/c26-21-12-6-4-8-17(21)15-29-23(20-11-5-7-13-22(20)27)14-18-16-28(25(30)24(18)29)19-9-2-1-3-10-19/h1-13,18,23-24H,14-16H2/t18-,23-,24-/m1/s1. The zero-order chi connectivity index (χ0) is 20.7. The second kappa shape index (κ2) is 8.07. The van der Waals surface area contributed by atoms with Crippen molar-refractivity contribution in [2.75, 3.05) is 11.4 Å². The Morgan fingerprint density at radius 3 is 2.23 bits per heavy atom. The molecule has 0 aromatic heterocycles. The number of nitrogens with zero attached hydrogens (tertiary/aromatic N) is 2. The van der Waals surface area contributed by atoms with Crippen molar-refractivity contribution in [3.05, 3.63) is 100 Å². The summed E-state index contributed by atoms with van der Waals surface area (Å²) in [6.45, 7) is 1.35. The van der Waals surface area contributed by atoms with Crippen molar-refractivity contribution in [3.63, 3.8) is 0 Å². The maximum absolute atomic E-state index is 13.6. The van der Waals surface area contributed by atoms with Crippen LogP contribution < -0.4 is 4.90 Å². The van der Waals surface area contributed by atoms with Crippen molar-refractivity contribution in [1.82, 2.24) is 4.90 Å². The van der Waals surface area contributed by atoms with Gasteiger partial charge in [0, 0.05) is 40.8 Å². The molecule has 0 saturated carbocycles. The molecule has 5 heteroatoms. The van der Waals surface area contributed by atoms with Crippen LogP contribution in [0.2, 0.25) is 10.0 Å². The van der Waals surface area contributed by atoms with Gasteiger partial charge in [0.15, 0.2) is 0 Å². The molecule has 2 heterocycles. The molecular weight excluding hydrogens is 415 g/mol. The van der Waals surface area contributed by atoms with Gasteiger partial charge in [-0.2, -0.15) is 0 Å². The Balaban J connectivity index is 1.52. The van der Waals surface area contributed by atoms with Crippen LogP contribution in [0.5, 0.6) is 0 Å². The molecule has 5 rings (SSSR count). The number of para-hydroxylation sites is 1. The lowest BCUT2D eigenvalue weighted by atomic mass is 9.98. The molecule has 0 aliphatic carbocycles. The second-order valence-corrected chi connectivity index (χ2v) is 8.84. The van der Waals surface area contributed by atoms with Crippen molar-refractivity contribution in [2.45, 2.75) is 25.0 Å². The number of carbonyl (C=O) groups excluding carboxylic acids is 1. The highest BCUT2D eigenvalue weighted by Crippen LogP contribution is 2.47. The number of fused-ring (bicyclic) bond motifs is 1. The van der Waals surface area contributed by atoms with Gasteiger partial charge in [0.25, 0.3) is 0 Å². The summed E-state index contributed by atoms with van der Waals surface area (Å²) in [6.07, 6.45) is 0.897. The van der Waals surface area contributed by atoms with E-state index in [1.165, 1.54) is 0 Å². The fraction of sp³-hybridized carbons (Fsp3) is 0.240. The van der Waals surface area contributed by atoms with Crippen LogP contribution in [0.25, 0.3) is 0 Å². The van der Waals surface area contributed by atoms with Gasteiger partial charge in [0.1, 0.15) is 0 Å². The van der Waals surface area contributed by atoms with Gasteiger partial charge in [-0.1, -0.05) is 77.8 Å². The lowest BCUT2D eigenvalue weighted by Gasteiger charge is -2.31. The van der Waals surface area contributed by atoms with Crippen LogP contribution in [0, 0.1) is 5.92 Å². The number of benzene rings is 3. The van der Waals surface area contributed by atoms with Gasteiger partial charge in [0.2, 0.25) is 5.91 Å². The summed E-state index contributed by atoms with van der Waals surface area (Å²) in [6, 6.07) is 25.7. The number of likely N-dealkylation sites (tertiary alicyclic amines) is 1. The quantitative estimate of drug-likeness (QED) is 0.502. The first-order valence-corrected chi connectivity index (χ1v) is 11.0. The number of amides is 1. The van der Waals surface area contributed by atoms with Gasteiger partial charge in [-0.3, -0.25) is 9.69 Å². The molecule has 0 N–H and O–H groups in total. The average Bonchev–Trinajstić information content (AvgIpc) is 3.27. The van der Waals surface area contributed by atoms with Gasteiger partial charge in [-0.15, -0.1) is 0 Å². The average molecular weight is 437 g/mol. The molecule has 2 fully saturated rings. The Bertz CT molecular complexity index is 1070. The zero-order valence-corrected chi connectivity index (χ0v) is 17.9. The van der Waals surface area contributed by atoms with E-state index in [4.69, 9.17) is 23.2 Å². The molecule has 2 saturated heterocycles. The molecular formula is C25H22Cl2N2O. The van der Waals surface area contributed by atoms with E-state index in [1.54, 1.807) is 0 Å². The molecule has 3 aromatic rings. The maximum Gasteiger partial charge on any atom is 0.244 e. The number of halogens is 2. The van der Waals surface area contributed by atoms with Crippen molar-refractivity contribution in [3.8, 4) is 0 Å². The van der Waals surface area contributed by atoms with Gasteiger partial charge >= 0.3 is 0 Å². The van der Waals surface area contributed by atoms with Gasteiger partial charge in [0.05, 0.1) is 6.04 Å². The minimum Gasteiger partial charge on any atom is -0.311 e. The minimum absolute atomic E-state index is 0.0897. The molecule has 0 spiro atoms. The van der Waals surface area contributed by atoms with Gasteiger partial charge in [-0.05, 0) is 41.8 Å². The predicted molar refractivity (Wildman–Crippen MR) is 122 cm³/mol. The number of rotatable bonds is 4. The van der Waals surface area contributed by atoms with Crippen molar-refractivity contribution < 1.29 is 4.79 Å². The number of carbonyl (C=O) groups is 1. The largest absolute Gasteiger partial charge is 0.311 e. The highest BCUT2D eigenvalue weighted by molar-refractivity contribution is 6.31. The molecule has 0 bridgehead atoms. The van der Waals surface area contributed by atoms with E-state index in [0.29, 0.717) is 6.54 Å². The first kappa shape index (κ1) is 19.6. The van der Waals surface area contributed by atoms with Crippen LogP contribution in [0.15, 0.2) is 78.9 Å². The third-order valence-electron chi connectivity index (χ3n) is 6.31. The summed E-state index contributed by atoms with van der Waals surface area (Å²) in [4.78, 5) is 17.8. The van der Waals surface area contributed by atoms with E-state index in [1.807, 2.05) is 77.7 Å². The van der Waals surface area contributed by atoms with E-state index >= 15 is 0 Å². The fourth-order valence-corrected chi connectivity index (χ4v) is 5.40. The molecule has 3 atom stereocenters. The molecule has 2 aliphatic rings. The lowest BCUT2D eigenvalue weighted by molar-refractivity contribution is -0.122. The summed E-state index contributed by atoms with van der Waals surface area (Å²) in [5.74, 6) is 0.411. The van der Waals surface area contributed by atoms with Crippen LogP contribution in [-0.2, 0) is 11.3 Å². The van der Waals surface area contributed by atoms with Crippen LogP contribution in [0.3, 0.4) is 0 Å². The van der Waals surface area contributed by atoms with Crippen LogP contribution in [-0.4, -0.2) is 23.4 Å². The van der Waals surface area contributed by atoms with E-state index < -0.39 is 0 Å². The highest BCUT2D eigenvalue weighted by Gasteiger charge is 2.52. The fourth-order valence-electron chi connectivity index (χ4n) is 4.94. The summed E-state index contributed by atoms with van der Waals surface area (Å²) >= 11 is 13.1. The molecule has 152 valence electrons. The Hall–Kier alpha value is -2.33. The number of hydrogen-bond acceptors (Lipinski definition) is 2. The summed E-state index contributed by atoms with van der Waals surface area (Å²) in [7, 11) is 0. The van der Waals surface area contributed by atoms with E-state index in [0.717, 1.165) is 39.8 Å².